The molecule has 0 bridgehead atoms. The summed E-state index contributed by atoms with van der Waals surface area (Å²) in [4.78, 5) is 43.4. The van der Waals surface area contributed by atoms with Gasteiger partial charge in [0.2, 0.25) is 5.95 Å². The summed E-state index contributed by atoms with van der Waals surface area (Å²) in [6.07, 6.45) is -1.75. The Kier molecular flexibility index (Phi) is 7.12. The number of aromatic amines is 1. The van der Waals surface area contributed by atoms with Gasteiger partial charge in [-0.1, -0.05) is 81.4 Å². The van der Waals surface area contributed by atoms with Crippen molar-refractivity contribution in [1.29, 1.82) is 0 Å². The van der Waals surface area contributed by atoms with Crippen molar-refractivity contribution in [3.63, 3.8) is 0 Å². The number of hydrogen-bond acceptors (Lipinski definition) is 8. The first-order valence-corrected chi connectivity index (χ1v) is 16.2. The maximum atomic E-state index is 12.7. The van der Waals surface area contributed by atoms with Gasteiger partial charge in [0, 0.05) is 6.42 Å². The van der Waals surface area contributed by atoms with Crippen LogP contribution in [0.5, 0.6) is 0 Å². The quantitative estimate of drug-likeness (QED) is 0.157. The van der Waals surface area contributed by atoms with E-state index in [1.54, 1.807) is 0 Å². The zero-order chi connectivity index (χ0) is 28.9. The molecule has 5 rings (SSSR count). The summed E-state index contributed by atoms with van der Waals surface area (Å²) in [6, 6.07) is 19.5. The number of hydrogen-bond donors (Lipinski definition) is 5. The fourth-order valence-electron chi connectivity index (χ4n) is 5.49. The molecule has 0 saturated carbocycles. The summed E-state index contributed by atoms with van der Waals surface area (Å²) in [5.74, 6) is -0.158. The van der Waals surface area contributed by atoms with Crippen LogP contribution >= 0.6 is 7.60 Å². The van der Waals surface area contributed by atoms with Crippen LogP contribution in [0.1, 0.15) is 33.4 Å². The predicted molar refractivity (Wildman–Crippen MR) is 152 cm³/mol. The van der Waals surface area contributed by atoms with Gasteiger partial charge in [0.15, 0.2) is 16.5 Å². The van der Waals surface area contributed by atoms with Gasteiger partial charge in [-0.15, -0.1) is 0 Å². The molecule has 6 N–H and O–H groups in total. The van der Waals surface area contributed by atoms with E-state index in [4.69, 9.17) is 14.9 Å². The molecular formula is C26H32N5O7PSi. The Morgan fingerprint density at radius 2 is 1.73 bits per heavy atom. The lowest BCUT2D eigenvalue weighted by molar-refractivity contribution is -0.0562. The highest BCUT2D eigenvalue weighted by molar-refractivity contribution is 7.53. The molecule has 3 heterocycles. The minimum atomic E-state index is -5.15. The third-order valence-corrected chi connectivity index (χ3v) is 13.9. The van der Waals surface area contributed by atoms with Crippen LogP contribution in [0.4, 0.5) is 5.95 Å². The van der Waals surface area contributed by atoms with Gasteiger partial charge in [-0.2, -0.15) is 4.98 Å². The normalized spacial score (nSPS) is 22.1. The SMILES string of the molecule is CC(C)(C)[Si](OC[C@H]1O[C@@H](n2cnc3c(=O)[nH]c(N)nc32)C[C@]1(O)P(=O)(O)O)(c1ccccc1)c1ccccc1. The van der Waals surface area contributed by atoms with Crippen molar-refractivity contribution >= 4 is 43.4 Å². The fraction of sp³-hybridized carbons (Fsp3) is 0.346. The van der Waals surface area contributed by atoms with Crippen LogP contribution in [-0.2, 0) is 13.7 Å². The van der Waals surface area contributed by atoms with Crippen molar-refractivity contribution in [2.45, 2.75) is 49.9 Å². The molecule has 0 unspecified atom stereocenters. The van der Waals surface area contributed by atoms with E-state index in [2.05, 4.69) is 35.7 Å². The number of rotatable bonds is 7. The average molecular weight is 586 g/mol. The number of fused-ring (bicyclic) bond motifs is 1. The molecule has 0 aliphatic carbocycles. The highest BCUT2D eigenvalue weighted by Crippen LogP contribution is 2.59. The number of nitrogen functional groups attached to an aromatic ring is 1. The molecule has 1 aliphatic rings. The van der Waals surface area contributed by atoms with Gasteiger partial charge in [-0.3, -0.25) is 18.9 Å². The summed E-state index contributed by atoms with van der Waals surface area (Å²) >= 11 is 0. The lowest BCUT2D eigenvalue weighted by Crippen LogP contribution is -2.67. The van der Waals surface area contributed by atoms with Crippen molar-refractivity contribution < 1.29 is 28.6 Å². The number of imidazole rings is 1. The Morgan fingerprint density at radius 3 is 2.25 bits per heavy atom. The Hall–Kier alpha value is -3.16. The van der Waals surface area contributed by atoms with Crippen molar-refractivity contribution in [2.75, 3.05) is 12.3 Å². The molecule has 40 heavy (non-hydrogen) atoms. The van der Waals surface area contributed by atoms with Crippen LogP contribution < -0.4 is 21.7 Å². The van der Waals surface area contributed by atoms with Gasteiger partial charge in [0.1, 0.15) is 12.3 Å². The molecule has 212 valence electrons. The Morgan fingerprint density at radius 1 is 1.15 bits per heavy atom. The Balaban J connectivity index is 1.57. The van der Waals surface area contributed by atoms with E-state index < -0.39 is 50.6 Å². The van der Waals surface area contributed by atoms with Crippen LogP contribution in [0.3, 0.4) is 0 Å². The van der Waals surface area contributed by atoms with Crippen LogP contribution in [-0.4, -0.2) is 60.8 Å². The number of anilines is 1. The molecule has 0 spiro atoms. The van der Waals surface area contributed by atoms with Crippen molar-refractivity contribution in [1.82, 2.24) is 19.5 Å². The van der Waals surface area contributed by atoms with Crippen LogP contribution in [0.2, 0.25) is 5.04 Å². The smallest absolute Gasteiger partial charge is 0.359 e. The van der Waals surface area contributed by atoms with E-state index in [0.717, 1.165) is 10.4 Å². The summed E-state index contributed by atoms with van der Waals surface area (Å²) in [7, 11) is -8.27. The van der Waals surface area contributed by atoms with E-state index in [-0.39, 0.29) is 23.7 Å². The predicted octanol–water partition coefficient (Wildman–Crippen LogP) is 1.43. The number of ether oxygens (including phenoxy) is 1. The fourth-order valence-corrected chi connectivity index (χ4v) is 11.0. The van der Waals surface area contributed by atoms with Crippen LogP contribution in [0, 0.1) is 0 Å². The van der Waals surface area contributed by atoms with E-state index >= 15 is 0 Å². The van der Waals surface area contributed by atoms with E-state index in [1.165, 1.54) is 10.9 Å². The third-order valence-electron chi connectivity index (χ3n) is 7.45. The molecule has 14 heteroatoms. The molecule has 2 aromatic carbocycles. The maximum absolute atomic E-state index is 12.7. The number of H-pyrrole nitrogens is 1. The highest BCUT2D eigenvalue weighted by atomic mass is 31.2. The second-order valence-corrected chi connectivity index (χ2v) is 17.1. The first kappa shape index (κ1) is 28.4. The molecule has 0 amide bonds. The number of nitrogens with zero attached hydrogens (tertiary/aromatic N) is 3. The average Bonchev–Trinajstić information content (AvgIpc) is 3.46. The lowest BCUT2D eigenvalue weighted by Gasteiger charge is -2.44. The van der Waals surface area contributed by atoms with Crippen molar-refractivity contribution in [3.05, 3.63) is 77.3 Å². The summed E-state index contributed by atoms with van der Waals surface area (Å²) in [6.45, 7) is 5.89. The van der Waals surface area contributed by atoms with Crippen molar-refractivity contribution in [2.24, 2.45) is 0 Å². The lowest BCUT2D eigenvalue weighted by atomic mass is 10.2. The first-order valence-electron chi connectivity index (χ1n) is 12.7. The Labute approximate surface area is 231 Å². The standard InChI is InChI=1S/C26H32N5O7PSi/c1-25(2,3)40(17-10-6-4-7-11-17,18-12-8-5-9-13-18)37-15-19-26(33,39(34,35)36)14-20(38-19)31-16-28-21-22(31)29-24(27)30-23(21)32/h4-13,16,19-20,33H,14-15H2,1-3H3,(H2,34,35,36)(H3,27,29,30,32)/t19-,20-,26+/m1/s1. The zero-order valence-electron chi connectivity index (χ0n) is 22.3. The topological polar surface area (TPSA) is 186 Å². The summed E-state index contributed by atoms with van der Waals surface area (Å²) in [5, 5.41) is 10.4. The number of benzene rings is 2. The van der Waals surface area contributed by atoms with E-state index in [9.17, 15) is 24.3 Å². The second kappa shape index (κ2) is 10.0. The molecule has 12 nitrogen and oxygen atoms in total. The largest absolute Gasteiger partial charge is 0.405 e. The number of aromatic nitrogens is 4. The highest BCUT2D eigenvalue weighted by Gasteiger charge is 2.61. The summed E-state index contributed by atoms with van der Waals surface area (Å²) in [5.41, 5.74) is 5.18. The first-order chi connectivity index (χ1) is 18.8. The maximum Gasteiger partial charge on any atom is 0.359 e. The second-order valence-electron chi connectivity index (χ2n) is 11.0. The van der Waals surface area contributed by atoms with Gasteiger partial charge in [0.25, 0.3) is 13.9 Å². The van der Waals surface area contributed by atoms with Crippen LogP contribution in [0.15, 0.2) is 71.8 Å². The molecule has 1 fully saturated rings. The summed E-state index contributed by atoms with van der Waals surface area (Å²) < 4.78 is 27.0. The molecule has 4 aromatic rings. The number of nitrogens with one attached hydrogen (secondary N) is 1. The molecule has 1 aliphatic heterocycles. The molecule has 0 radical (unpaired) electrons. The molecular weight excluding hydrogens is 553 g/mol. The third kappa shape index (κ3) is 4.63. The number of nitrogens with two attached hydrogens (primary N) is 1. The zero-order valence-corrected chi connectivity index (χ0v) is 24.2. The van der Waals surface area contributed by atoms with Crippen LogP contribution in [0.25, 0.3) is 11.2 Å². The monoisotopic (exact) mass is 585 g/mol. The number of aliphatic hydroxyl groups is 1. The van der Waals surface area contributed by atoms with Gasteiger partial charge in [-0.05, 0) is 15.4 Å². The molecule has 1 saturated heterocycles. The van der Waals surface area contributed by atoms with Gasteiger partial charge in [-0.25, -0.2) is 4.98 Å². The van der Waals surface area contributed by atoms with Gasteiger partial charge in [0.05, 0.1) is 12.9 Å². The van der Waals surface area contributed by atoms with Gasteiger partial charge >= 0.3 is 7.60 Å². The molecule has 2 aromatic heterocycles. The van der Waals surface area contributed by atoms with E-state index in [0.29, 0.717) is 0 Å². The van der Waals surface area contributed by atoms with Gasteiger partial charge < -0.3 is 29.8 Å². The Bertz CT molecular complexity index is 1580. The molecule has 3 atom stereocenters. The van der Waals surface area contributed by atoms with Crippen molar-refractivity contribution in [3.8, 4) is 0 Å². The van der Waals surface area contributed by atoms with E-state index in [1.807, 2.05) is 60.7 Å². The minimum Gasteiger partial charge on any atom is -0.405 e. The minimum absolute atomic E-state index is 0.0236.